The Labute approximate surface area is 152 Å². The number of aryl methyl sites for hydroxylation is 1. The molecule has 0 bridgehead atoms. The highest BCUT2D eigenvalue weighted by Crippen LogP contribution is 2.23. The number of carbonyl (C=O) groups excluding carboxylic acids is 1. The normalized spacial score (nSPS) is 15.2. The minimum atomic E-state index is -0.160. The maximum atomic E-state index is 14.2. The number of carbonyl (C=O) groups is 1. The number of para-hydroxylation sites is 1. The van der Waals surface area contributed by atoms with Crippen LogP contribution < -0.4 is 10.2 Å². The minimum absolute atomic E-state index is 0.0942. The molecule has 1 amide bonds. The average molecular weight is 362 g/mol. The lowest BCUT2D eigenvalue weighted by Crippen LogP contribution is -2.49. The Morgan fingerprint density at radius 1 is 1.12 bits per heavy atom. The molecular weight excluding hydrogens is 341 g/mol. The maximum Gasteiger partial charge on any atom is 0.238 e. The lowest BCUT2D eigenvalue weighted by atomic mass is 10.1. The Bertz CT molecular complexity index is 760. The van der Waals surface area contributed by atoms with E-state index in [4.69, 9.17) is 11.6 Å². The Hall–Kier alpha value is -2.11. The first kappa shape index (κ1) is 17.7. The molecule has 0 spiro atoms. The number of amides is 1. The molecule has 132 valence electrons. The lowest BCUT2D eigenvalue weighted by molar-refractivity contribution is -0.117. The molecule has 0 atom stereocenters. The average Bonchev–Trinajstić information content (AvgIpc) is 2.60. The van der Waals surface area contributed by atoms with Gasteiger partial charge in [-0.05, 0) is 30.7 Å². The van der Waals surface area contributed by atoms with Gasteiger partial charge in [-0.25, -0.2) is 4.39 Å². The van der Waals surface area contributed by atoms with Gasteiger partial charge in [0.1, 0.15) is 5.82 Å². The Morgan fingerprint density at radius 2 is 1.84 bits per heavy atom. The first-order valence-electron chi connectivity index (χ1n) is 8.31. The summed E-state index contributed by atoms with van der Waals surface area (Å²) < 4.78 is 14.2. The molecule has 1 aliphatic heterocycles. The van der Waals surface area contributed by atoms with Gasteiger partial charge in [0.25, 0.3) is 0 Å². The third-order valence-electron chi connectivity index (χ3n) is 4.40. The largest absolute Gasteiger partial charge is 0.367 e. The molecule has 2 aromatic rings. The van der Waals surface area contributed by atoms with Crippen LogP contribution in [0.25, 0.3) is 0 Å². The molecule has 0 unspecified atom stereocenters. The van der Waals surface area contributed by atoms with Crippen LogP contribution in [-0.4, -0.2) is 43.5 Å². The molecule has 0 aromatic heterocycles. The zero-order chi connectivity index (χ0) is 17.8. The molecule has 6 heteroatoms. The molecule has 1 N–H and O–H groups in total. The van der Waals surface area contributed by atoms with Crippen molar-refractivity contribution < 1.29 is 9.18 Å². The van der Waals surface area contributed by atoms with Gasteiger partial charge in [0.15, 0.2) is 0 Å². The third kappa shape index (κ3) is 4.30. The molecule has 4 nitrogen and oxygen atoms in total. The van der Waals surface area contributed by atoms with Crippen LogP contribution in [0.4, 0.5) is 15.8 Å². The molecular formula is C19H21ClFN3O. The molecule has 1 heterocycles. The number of nitrogens with zero attached hydrogens (tertiary/aromatic N) is 2. The quantitative estimate of drug-likeness (QED) is 0.904. The summed E-state index contributed by atoms with van der Waals surface area (Å²) in [6, 6.07) is 12.6. The summed E-state index contributed by atoms with van der Waals surface area (Å²) in [6.07, 6.45) is 0. The van der Waals surface area contributed by atoms with Gasteiger partial charge in [0.2, 0.25) is 5.91 Å². The maximum absolute atomic E-state index is 14.2. The van der Waals surface area contributed by atoms with Crippen LogP contribution in [0.1, 0.15) is 5.56 Å². The van der Waals surface area contributed by atoms with Crippen molar-refractivity contribution in [1.29, 1.82) is 0 Å². The molecule has 3 rings (SSSR count). The van der Waals surface area contributed by atoms with E-state index in [1.807, 2.05) is 29.2 Å². The summed E-state index contributed by atoms with van der Waals surface area (Å²) in [4.78, 5) is 16.3. The molecule has 25 heavy (non-hydrogen) atoms. The smallest absolute Gasteiger partial charge is 0.238 e. The summed E-state index contributed by atoms with van der Waals surface area (Å²) in [5, 5.41) is 3.35. The van der Waals surface area contributed by atoms with E-state index < -0.39 is 0 Å². The number of halogens is 2. The van der Waals surface area contributed by atoms with Gasteiger partial charge in [0, 0.05) is 26.2 Å². The molecule has 0 radical (unpaired) electrons. The van der Waals surface area contributed by atoms with Crippen LogP contribution in [0.3, 0.4) is 0 Å². The molecule has 0 aliphatic carbocycles. The minimum Gasteiger partial charge on any atom is -0.367 e. The number of anilines is 2. The van der Waals surface area contributed by atoms with E-state index >= 15 is 0 Å². The molecule has 1 fully saturated rings. The summed E-state index contributed by atoms with van der Waals surface area (Å²) in [5.41, 5.74) is 1.91. The predicted octanol–water partition coefficient (Wildman–Crippen LogP) is 3.55. The number of rotatable bonds is 4. The number of piperazine rings is 1. The highest BCUT2D eigenvalue weighted by Gasteiger charge is 2.21. The molecule has 1 aliphatic rings. The second-order valence-electron chi connectivity index (χ2n) is 6.20. The van der Waals surface area contributed by atoms with Crippen LogP contribution in [0.15, 0.2) is 42.5 Å². The number of hydrogen-bond acceptors (Lipinski definition) is 3. The first-order chi connectivity index (χ1) is 12.0. The van der Waals surface area contributed by atoms with Gasteiger partial charge >= 0.3 is 0 Å². The van der Waals surface area contributed by atoms with Gasteiger partial charge in [0.05, 0.1) is 22.9 Å². The zero-order valence-corrected chi connectivity index (χ0v) is 14.9. The van der Waals surface area contributed by atoms with Crippen LogP contribution in [0.2, 0.25) is 5.02 Å². The van der Waals surface area contributed by atoms with Crippen molar-refractivity contribution >= 4 is 28.9 Å². The van der Waals surface area contributed by atoms with Crippen molar-refractivity contribution in [1.82, 2.24) is 4.90 Å². The number of hydrogen-bond donors (Lipinski definition) is 1. The molecule has 0 saturated carbocycles. The van der Waals surface area contributed by atoms with E-state index in [1.54, 1.807) is 25.1 Å². The van der Waals surface area contributed by atoms with E-state index in [9.17, 15) is 9.18 Å². The standard InChI is InChI=1S/C19H21ClFN3O/c1-14-5-4-8-17(19(14)21)24-11-9-23(10-12-24)13-18(25)22-16-7-3-2-6-15(16)20/h2-8H,9-13H2,1H3,(H,22,25). The summed E-state index contributed by atoms with van der Waals surface area (Å²) in [6.45, 7) is 4.88. The molecule has 2 aromatic carbocycles. The van der Waals surface area contributed by atoms with Crippen molar-refractivity contribution in [2.45, 2.75) is 6.92 Å². The Kier molecular flexibility index (Phi) is 5.56. The number of nitrogens with one attached hydrogen (secondary N) is 1. The van der Waals surface area contributed by atoms with Gasteiger partial charge in [-0.1, -0.05) is 35.9 Å². The first-order valence-corrected chi connectivity index (χ1v) is 8.69. The van der Waals surface area contributed by atoms with Crippen LogP contribution in [0.5, 0.6) is 0 Å². The van der Waals surface area contributed by atoms with Crippen molar-refractivity contribution in [3.8, 4) is 0 Å². The van der Waals surface area contributed by atoms with Crippen molar-refractivity contribution in [2.24, 2.45) is 0 Å². The topological polar surface area (TPSA) is 35.6 Å². The highest BCUT2D eigenvalue weighted by atomic mass is 35.5. The SMILES string of the molecule is Cc1cccc(N2CCN(CC(=O)Nc3ccccc3Cl)CC2)c1F. The second kappa shape index (κ2) is 7.85. The van der Waals surface area contributed by atoms with E-state index in [0.717, 1.165) is 0 Å². The Morgan fingerprint density at radius 3 is 2.56 bits per heavy atom. The molecule has 1 saturated heterocycles. The summed E-state index contributed by atoms with van der Waals surface area (Å²) in [7, 11) is 0. The zero-order valence-electron chi connectivity index (χ0n) is 14.1. The van der Waals surface area contributed by atoms with E-state index in [-0.39, 0.29) is 11.7 Å². The summed E-state index contributed by atoms with van der Waals surface area (Å²) in [5.74, 6) is -0.254. The van der Waals surface area contributed by atoms with Crippen molar-refractivity contribution in [3.63, 3.8) is 0 Å². The van der Waals surface area contributed by atoms with Gasteiger partial charge in [-0.15, -0.1) is 0 Å². The van der Waals surface area contributed by atoms with E-state index in [0.29, 0.717) is 54.7 Å². The fourth-order valence-electron chi connectivity index (χ4n) is 2.98. The van der Waals surface area contributed by atoms with Gasteiger partial charge < -0.3 is 10.2 Å². The van der Waals surface area contributed by atoms with Gasteiger partial charge in [-0.2, -0.15) is 0 Å². The monoisotopic (exact) mass is 361 g/mol. The predicted molar refractivity (Wildman–Crippen MR) is 99.9 cm³/mol. The number of benzene rings is 2. The fraction of sp³-hybridized carbons (Fsp3) is 0.316. The summed E-state index contributed by atoms with van der Waals surface area (Å²) >= 11 is 6.06. The van der Waals surface area contributed by atoms with Crippen LogP contribution in [0, 0.1) is 12.7 Å². The fourth-order valence-corrected chi connectivity index (χ4v) is 3.16. The van der Waals surface area contributed by atoms with Crippen molar-refractivity contribution in [2.75, 3.05) is 42.9 Å². The second-order valence-corrected chi connectivity index (χ2v) is 6.61. The van der Waals surface area contributed by atoms with E-state index in [2.05, 4.69) is 10.2 Å². The Balaban J connectivity index is 1.53. The van der Waals surface area contributed by atoms with Gasteiger partial charge in [-0.3, -0.25) is 9.69 Å². The van der Waals surface area contributed by atoms with Crippen LogP contribution >= 0.6 is 11.6 Å². The van der Waals surface area contributed by atoms with E-state index in [1.165, 1.54) is 0 Å². The third-order valence-corrected chi connectivity index (χ3v) is 4.73. The lowest BCUT2D eigenvalue weighted by Gasteiger charge is -2.36. The highest BCUT2D eigenvalue weighted by molar-refractivity contribution is 6.33. The van der Waals surface area contributed by atoms with Crippen molar-refractivity contribution in [3.05, 3.63) is 58.9 Å². The van der Waals surface area contributed by atoms with Crippen LogP contribution in [-0.2, 0) is 4.79 Å².